The molecule has 20 heavy (non-hydrogen) atoms. The molecule has 1 aromatic carbocycles. The highest BCUT2D eigenvalue weighted by atomic mass is 16.1. The molecule has 2 atom stereocenters. The quantitative estimate of drug-likeness (QED) is 0.886. The van der Waals surface area contributed by atoms with E-state index >= 15 is 0 Å². The molecule has 0 aromatic heterocycles. The summed E-state index contributed by atoms with van der Waals surface area (Å²) in [5.41, 5.74) is 4.09. The Kier molecular flexibility index (Phi) is 4.23. The van der Waals surface area contributed by atoms with Crippen molar-refractivity contribution in [3.8, 4) is 0 Å². The molecule has 0 bridgehead atoms. The van der Waals surface area contributed by atoms with Crippen molar-refractivity contribution in [2.45, 2.75) is 26.8 Å². The molecule has 0 spiro atoms. The fourth-order valence-corrected chi connectivity index (χ4v) is 2.36. The Balaban J connectivity index is 2.05. The summed E-state index contributed by atoms with van der Waals surface area (Å²) in [6.45, 7) is 10.2. The number of rotatable bonds is 3. The Labute approximate surface area is 120 Å². The summed E-state index contributed by atoms with van der Waals surface area (Å²) in [5, 5.41) is 3.06. The lowest BCUT2D eigenvalue weighted by Gasteiger charge is -2.26. The van der Waals surface area contributed by atoms with Gasteiger partial charge in [-0.05, 0) is 44.1 Å². The maximum atomic E-state index is 12.2. The van der Waals surface area contributed by atoms with Crippen molar-refractivity contribution in [2.75, 3.05) is 0 Å². The van der Waals surface area contributed by atoms with Gasteiger partial charge < -0.3 is 5.32 Å². The molecule has 1 aliphatic carbocycles. The molecule has 0 fully saturated rings. The van der Waals surface area contributed by atoms with E-state index in [1.807, 2.05) is 57.2 Å². The highest BCUT2D eigenvalue weighted by molar-refractivity contribution is 5.94. The minimum Gasteiger partial charge on any atom is -0.349 e. The topological polar surface area (TPSA) is 29.1 Å². The van der Waals surface area contributed by atoms with E-state index in [2.05, 4.69) is 18.0 Å². The highest BCUT2D eigenvalue weighted by Crippen LogP contribution is 2.26. The first-order chi connectivity index (χ1) is 9.49. The van der Waals surface area contributed by atoms with E-state index in [4.69, 9.17) is 0 Å². The third-order valence-corrected chi connectivity index (χ3v) is 3.78. The molecule has 2 unspecified atom stereocenters. The Morgan fingerprint density at radius 1 is 1.25 bits per heavy atom. The molecule has 1 aliphatic rings. The lowest BCUT2D eigenvalue weighted by molar-refractivity contribution is 0.0935. The molecule has 1 amide bonds. The number of benzene rings is 1. The number of hydrogen-bond acceptors (Lipinski definition) is 1. The summed E-state index contributed by atoms with van der Waals surface area (Å²) >= 11 is 0. The van der Waals surface area contributed by atoms with E-state index in [9.17, 15) is 4.79 Å². The van der Waals surface area contributed by atoms with Gasteiger partial charge in [-0.15, -0.1) is 0 Å². The van der Waals surface area contributed by atoms with Crippen LogP contribution in [0.15, 0.2) is 60.2 Å². The average molecular weight is 267 g/mol. The average Bonchev–Trinajstić information content (AvgIpc) is 2.42. The summed E-state index contributed by atoms with van der Waals surface area (Å²) < 4.78 is 0. The molecule has 0 radical (unpaired) electrons. The van der Waals surface area contributed by atoms with Gasteiger partial charge in [0.2, 0.25) is 0 Å². The van der Waals surface area contributed by atoms with Gasteiger partial charge in [0.15, 0.2) is 0 Å². The Morgan fingerprint density at radius 2 is 1.90 bits per heavy atom. The maximum Gasteiger partial charge on any atom is 0.251 e. The number of amides is 1. The van der Waals surface area contributed by atoms with Gasteiger partial charge in [-0.1, -0.05) is 42.5 Å². The molecule has 104 valence electrons. The molecule has 2 heteroatoms. The van der Waals surface area contributed by atoms with Gasteiger partial charge in [-0.3, -0.25) is 4.79 Å². The zero-order valence-electron chi connectivity index (χ0n) is 12.3. The van der Waals surface area contributed by atoms with Gasteiger partial charge in [0.1, 0.15) is 0 Å². The van der Waals surface area contributed by atoms with Crippen molar-refractivity contribution < 1.29 is 4.79 Å². The molecule has 0 saturated heterocycles. The van der Waals surface area contributed by atoms with Crippen LogP contribution in [-0.2, 0) is 0 Å². The first-order valence-corrected chi connectivity index (χ1v) is 6.91. The SMILES string of the molecule is C=C1C(C)=CC=CC1C(C)NC(=O)c1ccc(C)cc1. The summed E-state index contributed by atoms with van der Waals surface area (Å²) in [4.78, 5) is 12.2. The minimum atomic E-state index is -0.0362. The van der Waals surface area contributed by atoms with Gasteiger partial charge in [-0.2, -0.15) is 0 Å². The van der Waals surface area contributed by atoms with Crippen molar-refractivity contribution in [3.05, 3.63) is 71.3 Å². The van der Waals surface area contributed by atoms with Gasteiger partial charge in [0.25, 0.3) is 5.91 Å². The lowest BCUT2D eigenvalue weighted by atomic mass is 9.85. The third-order valence-electron chi connectivity index (χ3n) is 3.78. The molecule has 0 heterocycles. The zero-order valence-corrected chi connectivity index (χ0v) is 12.3. The van der Waals surface area contributed by atoms with Crippen molar-refractivity contribution in [2.24, 2.45) is 5.92 Å². The molecule has 1 aromatic rings. The van der Waals surface area contributed by atoms with Gasteiger partial charge in [-0.25, -0.2) is 0 Å². The van der Waals surface area contributed by atoms with E-state index in [0.29, 0.717) is 5.56 Å². The third kappa shape index (κ3) is 3.08. The van der Waals surface area contributed by atoms with Crippen LogP contribution < -0.4 is 5.32 Å². The number of carbonyl (C=O) groups is 1. The van der Waals surface area contributed by atoms with E-state index in [1.54, 1.807) is 0 Å². The van der Waals surface area contributed by atoms with Crippen molar-refractivity contribution in [1.29, 1.82) is 0 Å². The van der Waals surface area contributed by atoms with Crippen LogP contribution in [0.2, 0.25) is 0 Å². The molecule has 0 aliphatic heterocycles. The molecule has 1 N–H and O–H groups in total. The number of hydrogen-bond donors (Lipinski definition) is 1. The predicted octanol–water partition coefficient (Wildman–Crippen LogP) is 3.80. The van der Waals surface area contributed by atoms with Crippen LogP contribution in [0.5, 0.6) is 0 Å². The van der Waals surface area contributed by atoms with Gasteiger partial charge in [0.05, 0.1) is 0 Å². The Hall–Kier alpha value is -2.09. The normalized spacial score (nSPS) is 19.4. The summed E-state index contributed by atoms with van der Waals surface area (Å²) in [6.07, 6.45) is 6.17. The standard InChI is InChI=1S/C18H21NO/c1-12-8-10-16(11-9-12)18(20)19-15(4)17-7-5-6-13(2)14(17)3/h5-11,15,17H,3H2,1-2,4H3,(H,19,20). The summed E-state index contributed by atoms with van der Waals surface area (Å²) in [6, 6.07) is 7.64. The number of nitrogens with one attached hydrogen (secondary N) is 1. The maximum absolute atomic E-state index is 12.2. The number of allylic oxidation sites excluding steroid dienone is 3. The molecule has 2 rings (SSSR count). The van der Waals surface area contributed by atoms with E-state index in [1.165, 1.54) is 5.57 Å². The Morgan fingerprint density at radius 3 is 2.55 bits per heavy atom. The number of carbonyl (C=O) groups excluding carboxylic acids is 1. The smallest absolute Gasteiger partial charge is 0.251 e. The van der Waals surface area contributed by atoms with Crippen molar-refractivity contribution in [1.82, 2.24) is 5.32 Å². The van der Waals surface area contributed by atoms with E-state index < -0.39 is 0 Å². The summed E-state index contributed by atoms with van der Waals surface area (Å²) in [7, 11) is 0. The van der Waals surface area contributed by atoms with Gasteiger partial charge in [0, 0.05) is 17.5 Å². The minimum absolute atomic E-state index is 0.0243. The first-order valence-electron chi connectivity index (χ1n) is 6.91. The molecule has 2 nitrogen and oxygen atoms in total. The van der Waals surface area contributed by atoms with E-state index in [0.717, 1.165) is 11.1 Å². The zero-order chi connectivity index (χ0) is 14.7. The second-order valence-corrected chi connectivity index (χ2v) is 5.41. The second kappa shape index (κ2) is 5.91. The number of aryl methyl sites for hydroxylation is 1. The lowest BCUT2D eigenvalue weighted by Crippen LogP contribution is -2.38. The first kappa shape index (κ1) is 14.3. The van der Waals surface area contributed by atoms with Gasteiger partial charge >= 0.3 is 0 Å². The monoisotopic (exact) mass is 267 g/mol. The second-order valence-electron chi connectivity index (χ2n) is 5.41. The Bertz CT molecular complexity index is 578. The van der Waals surface area contributed by atoms with Crippen LogP contribution in [0.4, 0.5) is 0 Å². The molecular formula is C18H21NO. The molecular weight excluding hydrogens is 246 g/mol. The fourth-order valence-electron chi connectivity index (χ4n) is 2.36. The van der Waals surface area contributed by atoms with Crippen LogP contribution in [0.1, 0.15) is 29.8 Å². The van der Waals surface area contributed by atoms with Crippen molar-refractivity contribution in [3.63, 3.8) is 0 Å². The van der Waals surface area contributed by atoms with Crippen LogP contribution in [0, 0.1) is 12.8 Å². The molecule has 0 saturated carbocycles. The fraction of sp³-hybridized carbons (Fsp3) is 0.278. The van der Waals surface area contributed by atoms with Crippen LogP contribution in [0.3, 0.4) is 0 Å². The van der Waals surface area contributed by atoms with E-state index in [-0.39, 0.29) is 17.9 Å². The predicted molar refractivity (Wildman–Crippen MR) is 83.6 cm³/mol. The van der Waals surface area contributed by atoms with Crippen molar-refractivity contribution >= 4 is 5.91 Å². The largest absolute Gasteiger partial charge is 0.349 e. The van der Waals surface area contributed by atoms with Crippen LogP contribution >= 0.6 is 0 Å². The highest BCUT2D eigenvalue weighted by Gasteiger charge is 2.22. The van der Waals surface area contributed by atoms with Crippen LogP contribution in [0.25, 0.3) is 0 Å². The van der Waals surface area contributed by atoms with Crippen LogP contribution in [-0.4, -0.2) is 11.9 Å². The summed E-state index contributed by atoms with van der Waals surface area (Å²) in [5.74, 6) is 0.125.